The second-order valence-corrected chi connectivity index (χ2v) is 5.25. The van der Waals surface area contributed by atoms with Crippen LogP contribution in [0.4, 0.5) is 0 Å². The van der Waals surface area contributed by atoms with E-state index in [-0.39, 0.29) is 0 Å². The molecule has 1 N–H and O–H groups in total. The second-order valence-electron chi connectivity index (χ2n) is 2.28. The van der Waals surface area contributed by atoms with E-state index in [1.54, 1.807) is 12.2 Å². The number of aliphatic hydroxyl groups is 1. The summed E-state index contributed by atoms with van der Waals surface area (Å²) >= 11 is 3.96. The largest absolute Gasteiger partial charge is 0.375 e. The number of rotatable bonds is 1. The molecule has 1 aliphatic rings. The van der Waals surface area contributed by atoms with E-state index in [0.717, 1.165) is 9.87 Å². The fourth-order valence-electron chi connectivity index (χ4n) is 0.809. The minimum absolute atomic E-state index is 0.415. The summed E-state index contributed by atoms with van der Waals surface area (Å²) in [5.41, 5.74) is 0. The summed E-state index contributed by atoms with van der Waals surface area (Å²) in [6.45, 7) is 0. The van der Waals surface area contributed by atoms with Crippen molar-refractivity contribution in [3.63, 3.8) is 0 Å². The summed E-state index contributed by atoms with van der Waals surface area (Å²) in [6.07, 6.45) is 5.96. The van der Waals surface area contributed by atoms with Crippen LogP contribution in [0.3, 0.4) is 0 Å². The SMILES string of the molecule is O=CC1C=CC(I)=CC1(O)I. The first-order valence-corrected chi connectivity index (χ1v) is 5.15. The molecule has 60 valence electrons. The van der Waals surface area contributed by atoms with Crippen LogP contribution < -0.4 is 0 Å². The average Bonchev–Trinajstić information content (AvgIpc) is 1.85. The summed E-state index contributed by atoms with van der Waals surface area (Å²) in [4.78, 5) is 10.4. The molecular weight excluding hydrogens is 370 g/mol. The molecule has 1 aliphatic carbocycles. The Morgan fingerprint density at radius 1 is 1.73 bits per heavy atom. The molecule has 0 aromatic rings. The van der Waals surface area contributed by atoms with Crippen LogP contribution in [-0.4, -0.2) is 15.0 Å². The van der Waals surface area contributed by atoms with Gasteiger partial charge in [0.1, 0.15) is 9.89 Å². The van der Waals surface area contributed by atoms with Crippen molar-refractivity contribution < 1.29 is 9.90 Å². The summed E-state index contributed by atoms with van der Waals surface area (Å²) in [5, 5.41) is 9.63. The number of allylic oxidation sites excluding steroid dienone is 2. The maximum absolute atomic E-state index is 10.4. The first-order valence-electron chi connectivity index (χ1n) is 2.99. The van der Waals surface area contributed by atoms with Gasteiger partial charge in [-0.25, -0.2) is 0 Å². The van der Waals surface area contributed by atoms with Gasteiger partial charge in [-0.15, -0.1) is 0 Å². The van der Waals surface area contributed by atoms with Gasteiger partial charge in [-0.05, 0) is 51.3 Å². The van der Waals surface area contributed by atoms with E-state index in [0.29, 0.717) is 0 Å². The predicted octanol–water partition coefficient (Wildman–Crippen LogP) is 1.81. The molecule has 0 aromatic carbocycles. The molecule has 0 amide bonds. The van der Waals surface area contributed by atoms with Crippen LogP contribution in [-0.2, 0) is 4.79 Å². The van der Waals surface area contributed by atoms with Crippen LogP contribution in [0.5, 0.6) is 0 Å². The van der Waals surface area contributed by atoms with Gasteiger partial charge < -0.3 is 9.90 Å². The molecule has 2 unspecified atom stereocenters. The molecule has 2 atom stereocenters. The zero-order valence-electron chi connectivity index (χ0n) is 5.50. The van der Waals surface area contributed by atoms with Crippen molar-refractivity contribution in [2.45, 2.75) is 3.61 Å². The third-order valence-electron chi connectivity index (χ3n) is 1.42. The Bertz CT molecular complexity index is 231. The summed E-state index contributed by atoms with van der Waals surface area (Å²) in [5.74, 6) is -0.415. The fourth-order valence-corrected chi connectivity index (χ4v) is 2.78. The lowest BCUT2D eigenvalue weighted by molar-refractivity contribution is -0.112. The molecular formula is C7H6I2O2. The van der Waals surface area contributed by atoms with Crippen molar-refractivity contribution in [3.05, 3.63) is 21.8 Å². The molecule has 0 spiro atoms. The van der Waals surface area contributed by atoms with Gasteiger partial charge in [-0.3, -0.25) is 0 Å². The maximum Gasteiger partial charge on any atom is 0.148 e. The molecule has 0 heterocycles. The van der Waals surface area contributed by atoms with Crippen molar-refractivity contribution in [2.24, 2.45) is 5.92 Å². The number of carbonyl (C=O) groups is 1. The van der Waals surface area contributed by atoms with Crippen LogP contribution in [0.15, 0.2) is 21.8 Å². The highest BCUT2D eigenvalue weighted by Crippen LogP contribution is 2.33. The molecule has 2 nitrogen and oxygen atoms in total. The number of carbonyl (C=O) groups excluding carboxylic acids is 1. The number of halogens is 2. The van der Waals surface area contributed by atoms with Gasteiger partial charge >= 0.3 is 0 Å². The zero-order valence-corrected chi connectivity index (χ0v) is 9.81. The van der Waals surface area contributed by atoms with Gasteiger partial charge in [-0.2, -0.15) is 0 Å². The quantitative estimate of drug-likeness (QED) is 0.431. The van der Waals surface area contributed by atoms with E-state index >= 15 is 0 Å². The molecule has 0 aliphatic heterocycles. The van der Waals surface area contributed by atoms with Crippen LogP contribution in [0.2, 0.25) is 0 Å². The van der Waals surface area contributed by atoms with Crippen molar-refractivity contribution in [3.8, 4) is 0 Å². The summed E-state index contributed by atoms with van der Waals surface area (Å²) in [7, 11) is 0. The number of aldehydes is 1. The minimum atomic E-state index is -1.04. The second kappa shape index (κ2) is 3.53. The van der Waals surface area contributed by atoms with E-state index in [1.807, 2.05) is 28.7 Å². The van der Waals surface area contributed by atoms with E-state index in [4.69, 9.17) is 0 Å². The highest BCUT2D eigenvalue weighted by molar-refractivity contribution is 14.1. The topological polar surface area (TPSA) is 37.3 Å². The van der Waals surface area contributed by atoms with Crippen LogP contribution >= 0.6 is 45.2 Å². The maximum atomic E-state index is 10.4. The van der Waals surface area contributed by atoms with Gasteiger partial charge in [-0.1, -0.05) is 12.2 Å². The number of hydrogen-bond donors (Lipinski definition) is 1. The Morgan fingerprint density at radius 3 is 2.82 bits per heavy atom. The Morgan fingerprint density at radius 2 is 2.36 bits per heavy atom. The zero-order chi connectivity index (χ0) is 8.48. The minimum Gasteiger partial charge on any atom is -0.375 e. The van der Waals surface area contributed by atoms with E-state index in [1.165, 1.54) is 0 Å². The highest BCUT2D eigenvalue weighted by atomic mass is 127. The molecule has 0 bridgehead atoms. The molecule has 0 aromatic heterocycles. The fraction of sp³-hybridized carbons (Fsp3) is 0.286. The van der Waals surface area contributed by atoms with Gasteiger partial charge in [0, 0.05) is 3.58 Å². The standard InChI is InChI=1S/C7H6I2O2/c8-6-2-1-5(4-10)7(9,11)3-6/h1-5,11H. The van der Waals surface area contributed by atoms with E-state index in [9.17, 15) is 9.90 Å². The van der Waals surface area contributed by atoms with Crippen LogP contribution in [0, 0.1) is 5.92 Å². The lowest BCUT2D eigenvalue weighted by Gasteiger charge is -2.24. The molecule has 0 saturated heterocycles. The van der Waals surface area contributed by atoms with Gasteiger partial charge in [0.25, 0.3) is 0 Å². The Hall–Kier alpha value is 0.570. The van der Waals surface area contributed by atoms with Crippen LogP contribution in [0.1, 0.15) is 0 Å². The highest BCUT2D eigenvalue weighted by Gasteiger charge is 2.31. The van der Waals surface area contributed by atoms with Gasteiger partial charge in [0.15, 0.2) is 0 Å². The summed E-state index contributed by atoms with van der Waals surface area (Å²) < 4.78 is -0.0808. The number of hydrogen-bond acceptors (Lipinski definition) is 2. The molecule has 0 saturated carbocycles. The van der Waals surface area contributed by atoms with Crippen molar-refractivity contribution in [2.75, 3.05) is 0 Å². The van der Waals surface area contributed by atoms with Gasteiger partial charge in [0.2, 0.25) is 0 Å². The lowest BCUT2D eigenvalue weighted by Crippen LogP contribution is -2.30. The molecule has 4 heteroatoms. The molecule has 0 radical (unpaired) electrons. The molecule has 0 fully saturated rings. The van der Waals surface area contributed by atoms with Crippen molar-refractivity contribution in [1.82, 2.24) is 0 Å². The number of alkyl halides is 1. The monoisotopic (exact) mass is 376 g/mol. The first kappa shape index (κ1) is 9.66. The average molecular weight is 376 g/mol. The normalized spacial score (nSPS) is 36.6. The predicted molar refractivity (Wildman–Crippen MR) is 59.8 cm³/mol. The van der Waals surface area contributed by atoms with Gasteiger partial charge in [0.05, 0.1) is 5.92 Å². The third-order valence-corrected chi connectivity index (χ3v) is 3.12. The molecule has 1 rings (SSSR count). The van der Waals surface area contributed by atoms with E-state index < -0.39 is 9.53 Å². The molecule has 11 heavy (non-hydrogen) atoms. The van der Waals surface area contributed by atoms with Crippen molar-refractivity contribution >= 4 is 51.5 Å². The van der Waals surface area contributed by atoms with Crippen molar-refractivity contribution in [1.29, 1.82) is 0 Å². The lowest BCUT2D eigenvalue weighted by atomic mass is 10.00. The third kappa shape index (κ3) is 2.25. The van der Waals surface area contributed by atoms with Crippen LogP contribution in [0.25, 0.3) is 0 Å². The smallest absolute Gasteiger partial charge is 0.148 e. The summed E-state index contributed by atoms with van der Waals surface area (Å²) in [6, 6.07) is 0. The van der Waals surface area contributed by atoms with E-state index in [2.05, 4.69) is 22.6 Å². The Labute approximate surface area is 92.0 Å². The first-order chi connectivity index (χ1) is 5.06. The Kier molecular flexibility index (Phi) is 3.10. The Balaban J connectivity index is 2.92.